The van der Waals surface area contributed by atoms with Gasteiger partial charge in [-0.15, -0.1) is 5.56 Å². The average Bonchev–Trinajstić information content (AvgIpc) is 2.20. The molecule has 72 valence electrons. The van der Waals surface area contributed by atoms with E-state index < -0.39 is 0 Å². The molecule has 0 bridgehead atoms. The van der Waals surface area contributed by atoms with Crippen molar-refractivity contribution in [3.05, 3.63) is 55.8 Å². The third kappa shape index (κ3) is 9.54. The Morgan fingerprint density at radius 2 is 1.71 bits per heavy atom. The van der Waals surface area contributed by atoms with Crippen LogP contribution in [0.1, 0.15) is 25.3 Å². The van der Waals surface area contributed by atoms with E-state index >= 15 is 0 Å². The summed E-state index contributed by atoms with van der Waals surface area (Å²) >= 11 is 0. The van der Waals surface area contributed by atoms with Crippen LogP contribution in [0, 0.1) is 13.8 Å². The maximum absolute atomic E-state index is 3.60. The van der Waals surface area contributed by atoms with Crippen molar-refractivity contribution in [2.75, 3.05) is 0 Å². The third-order valence-electron chi connectivity index (χ3n) is 1.46. The van der Waals surface area contributed by atoms with E-state index in [1.54, 1.807) is 6.08 Å². The van der Waals surface area contributed by atoms with Gasteiger partial charge in [0.2, 0.25) is 0 Å². The average molecular weight is 240 g/mol. The molecule has 0 saturated heterocycles. The maximum atomic E-state index is 3.60. The first-order valence-corrected chi connectivity index (χ1v) is 4.65. The molecular weight excluding hydrogens is 222 g/mol. The summed E-state index contributed by atoms with van der Waals surface area (Å²) in [7, 11) is 0. The molecule has 0 unspecified atom stereocenters. The predicted octanol–water partition coefficient (Wildman–Crippen LogP) is 4.15. The zero-order valence-corrected chi connectivity index (χ0v) is 12.0. The van der Waals surface area contributed by atoms with E-state index in [1.807, 2.05) is 36.4 Å². The second-order valence-electron chi connectivity index (χ2n) is 2.67. The van der Waals surface area contributed by atoms with Gasteiger partial charge in [-0.05, 0) is 0 Å². The first kappa shape index (κ1) is 15.9. The van der Waals surface area contributed by atoms with Crippen molar-refractivity contribution in [1.29, 1.82) is 0 Å². The molecule has 1 rings (SSSR count). The fourth-order valence-electron chi connectivity index (χ4n) is 0.700. The minimum Gasteiger partial charge on any atom is -0.343 e. The molecule has 0 aliphatic carbocycles. The number of hydrogen-bond acceptors (Lipinski definition) is 0. The SMILES string of the molecule is [CH2-]/C=C/c1ccccc1.[CH2-]CCC.[Zn+2]. The number of benzene rings is 1. The van der Waals surface area contributed by atoms with Gasteiger partial charge >= 0.3 is 19.5 Å². The Hall–Kier alpha value is -0.547. The number of unbranched alkanes of at least 4 members (excludes halogenated alkanes) is 1. The normalized spacial score (nSPS) is 8.71. The van der Waals surface area contributed by atoms with Crippen LogP contribution in [0.15, 0.2) is 36.4 Å². The van der Waals surface area contributed by atoms with Crippen molar-refractivity contribution < 1.29 is 19.5 Å². The summed E-state index contributed by atoms with van der Waals surface area (Å²) < 4.78 is 0. The quantitative estimate of drug-likeness (QED) is 0.537. The Kier molecular flexibility index (Phi) is 14.1. The topological polar surface area (TPSA) is 0 Å². The minimum absolute atomic E-state index is 0. The molecule has 0 N–H and O–H groups in total. The summed E-state index contributed by atoms with van der Waals surface area (Å²) in [5, 5.41) is 0. The molecule has 1 aromatic carbocycles. The van der Waals surface area contributed by atoms with E-state index in [2.05, 4.69) is 20.8 Å². The first-order valence-electron chi connectivity index (χ1n) is 4.65. The van der Waals surface area contributed by atoms with Gasteiger partial charge in [0.05, 0.1) is 0 Å². The van der Waals surface area contributed by atoms with E-state index in [-0.39, 0.29) is 19.5 Å². The van der Waals surface area contributed by atoms with Crippen LogP contribution in [-0.2, 0) is 19.5 Å². The van der Waals surface area contributed by atoms with Crippen LogP contribution in [0.25, 0.3) is 6.08 Å². The van der Waals surface area contributed by atoms with Gasteiger partial charge in [-0.25, -0.2) is 19.1 Å². The van der Waals surface area contributed by atoms with E-state index in [9.17, 15) is 0 Å². The molecule has 14 heavy (non-hydrogen) atoms. The fraction of sp³-hybridized carbons (Fsp3) is 0.231. The minimum atomic E-state index is 0. The monoisotopic (exact) mass is 238 g/mol. The molecule has 0 saturated carbocycles. The predicted molar refractivity (Wildman–Crippen MR) is 61.1 cm³/mol. The van der Waals surface area contributed by atoms with Gasteiger partial charge in [-0.2, -0.15) is 6.42 Å². The molecule has 0 aliphatic rings. The van der Waals surface area contributed by atoms with Crippen molar-refractivity contribution in [1.82, 2.24) is 0 Å². The van der Waals surface area contributed by atoms with Crippen LogP contribution in [0.3, 0.4) is 0 Å². The second-order valence-corrected chi connectivity index (χ2v) is 2.67. The van der Waals surface area contributed by atoms with E-state index in [4.69, 9.17) is 0 Å². The van der Waals surface area contributed by atoms with Crippen LogP contribution in [0.4, 0.5) is 0 Å². The van der Waals surface area contributed by atoms with Crippen LogP contribution in [0.2, 0.25) is 0 Å². The molecule has 0 fully saturated rings. The Labute approximate surface area is 101 Å². The molecular formula is C13H18Zn. The third-order valence-corrected chi connectivity index (χ3v) is 1.46. The van der Waals surface area contributed by atoms with Crippen LogP contribution in [-0.4, -0.2) is 0 Å². The smallest absolute Gasteiger partial charge is 0.343 e. The summed E-state index contributed by atoms with van der Waals surface area (Å²) in [6.07, 6.45) is 6.04. The van der Waals surface area contributed by atoms with Crippen molar-refractivity contribution in [3.8, 4) is 0 Å². The summed E-state index contributed by atoms with van der Waals surface area (Å²) in [4.78, 5) is 0. The summed E-state index contributed by atoms with van der Waals surface area (Å²) in [5.74, 6) is 0. The summed E-state index contributed by atoms with van der Waals surface area (Å²) in [6.45, 7) is 9.32. The molecule has 0 amide bonds. The Bertz CT molecular complexity index is 212. The van der Waals surface area contributed by atoms with E-state index in [0.29, 0.717) is 0 Å². The van der Waals surface area contributed by atoms with Crippen molar-refractivity contribution in [3.63, 3.8) is 0 Å². The van der Waals surface area contributed by atoms with Crippen LogP contribution >= 0.6 is 0 Å². The van der Waals surface area contributed by atoms with Crippen molar-refractivity contribution >= 4 is 6.08 Å². The van der Waals surface area contributed by atoms with Gasteiger partial charge in [-0.3, -0.25) is 0 Å². The van der Waals surface area contributed by atoms with Gasteiger partial charge in [0.1, 0.15) is 0 Å². The summed E-state index contributed by atoms with van der Waals surface area (Å²) in [5.41, 5.74) is 1.20. The van der Waals surface area contributed by atoms with Gasteiger partial charge < -0.3 is 6.92 Å². The number of rotatable bonds is 2. The summed E-state index contributed by atoms with van der Waals surface area (Å²) in [6, 6.07) is 10.1. The standard InChI is InChI=1S/C9H9.C4H9.Zn/c1-2-6-9-7-4-3-5-8-9;1-3-4-2;/h2-8H,1H2;1,3-4H2,2H3;/q2*-1;+2/b6-2+;;. The Morgan fingerprint density at radius 1 is 1.21 bits per heavy atom. The Morgan fingerprint density at radius 3 is 2.07 bits per heavy atom. The van der Waals surface area contributed by atoms with Crippen molar-refractivity contribution in [2.24, 2.45) is 0 Å². The molecule has 0 nitrogen and oxygen atoms in total. The first-order chi connectivity index (χ1) is 6.35. The second kappa shape index (κ2) is 12.5. The largest absolute Gasteiger partial charge is 2.00 e. The van der Waals surface area contributed by atoms with E-state index in [1.165, 1.54) is 12.0 Å². The van der Waals surface area contributed by atoms with Crippen LogP contribution in [0.5, 0.6) is 0 Å². The van der Waals surface area contributed by atoms with Gasteiger partial charge in [0.25, 0.3) is 0 Å². The van der Waals surface area contributed by atoms with Gasteiger partial charge in [0.15, 0.2) is 0 Å². The zero-order chi connectivity index (χ0) is 9.94. The zero-order valence-electron chi connectivity index (χ0n) is 9.08. The molecule has 1 heteroatoms. The Balaban J connectivity index is 0. The molecule has 0 spiro atoms. The molecule has 1 aromatic rings. The maximum Gasteiger partial charge on any atom is 2.00 e. The molecule has 0 aromatic heterocycles. The van der Waals surface area contributed by atoms with Crippen molar-refractivity contribution in [2.45, 2.75) is 19.8 Å². The van der Waals surface area contributed by atoms with Gasteiger partial charge in [-0.1, -0.05) is 43.7 Å². The molecule has 0 aliphatic heterocycles. The van der Waals surface area contributed by atoms with Gasteiger partial charge in [0, 0.05) is 0 Å². The van der Waals surface area contributed by atoms with E-state index in [0.717, 1.165) is 6.42 Å². The number of allylic oxidation sites excluding steroid dienone is 1. The molecule has 0 atom stereocenters. The number of hydrogen-bond donors (Lipinski definition) is 0. The molecule has 0 heterocycles. The van der Waals surface area contributed by atoms with Crippen LogP contribution < -0.4 is 0 Å². The fourth-order valence-corrected chi connectivity index (χ4v) is 0.700. The molecule has 0 radical (unpaired) electrons.